The van der Waals surface area contributed by atoms with Gasteiger partial charge >= 0.3 is 0 Å². The molecule has 5 nitrogen and oxygen atoms in total. The van der Waals surface area contributed by atoms with E-state index >= 15 is 0 Å². The van der Waals surface area contributed by atoms with Gasteiger partial charge in [-0.15, -0.1) is 10.2 Å². The molecular weight excluding hydrogens is 312 g/mol. The molecule has 1 amide bonds. The third kappa shape index (κ3) is 4.10. The van der Waals surface area contributed by atoms with E-state index in [1.54, 1.807) is 0 Å². The molecule has 0 bridgehead atoms. The number of benzene rings is 1. The number of nitrogens with one attached hydrogen (secondary N) is 1. The fourth-order valence-corrected chi connectivity index (χ4v) is 3.12. The highest BCUT2D eigenvalue weighted by Gasteiger charge is 2.15. The number of halogens is 1. The molecule has 23 heavy (non-hydrogen) atoms. The zero-order valence-electron chi connectivity index (χ0n) is 13.1. The van der Waals surface area contributed by atoms with Crippen LogP contribution in [0.5, 0.6) is 0 Å². The third-order valence-corrected chi connectivity index (χ3v) is 4.58. The maximum absolute atomic E-state index is 12.0. The lowest BCUT2D eigenvalue weighted by atomic mass is 10.1. The van der Waals surface area contributed by atoms with Gasteiger partial charge in [-0.1, -0.05) is 36.2 Å². The van der Waals surface area contributed by atoms with E-state index in [0.717, 1.165) is 36.6 Å². The van der Waals surface area contributed by atoms with Gasteiger partial charge in [0.05, 0.1) is 6.54 Å². The lowest BCUT2D eigenvalue weighted by Crippen LogP contribution is -2.25. The Balaban J connectivity index is 1.51. The second kappa shape index (κ2) is 7.59. The van der Waals surface area contributed by atoms with Crippen LogP contribution in [0.1, 0.15) is 42.9 Å². The number of fused-ring (bicyclic) bond motifs is 1. The highest BCUT2D eigenvalue weighted by molar-refractivity contribution is 6.31. The molecule has 1 aliphatic rings. The molecule has 0 spiro atoms. The van der Waals surface area contributed by atoms with Crippen LogP contribution in [-0.2, 0) is 30.7 Å². The molecule has 0 saturated carbocycles. The molecule has 0 atom stereocenters. The number of aryl methyl sites for hydroxylation is 2. The Hall–Kier alpha value is -1.88. The summed E-state index contributed by atoms with van der Waals surface area (Å²) in [7, 11) is 0. The largest absolute Gasteiger partial charge is 0.349 e. The van der Waals surface area contributed by atoms with Gasteiger partial charge in [-0.25, -0.2) is 0 Å². The molecule has 2 aromatic rings. The summed E-state index contributed by atoms with van der Waals surface area (Å²) in [6.07, 6.45) is 5.59. The van der Waals surface area contributed by atoms with Crippen LogP contribution in [0.4, 0.5) is 0 Å². The van der Waals surface area contributed by atoms with Crippen LogP contribution in [0, 0.1) is 0 Å². The van der Waals surface area contributed by atoms with E-state index in [2.05, 4.69) is 20.1 Å². The average molecular weight is 333 g/mol. The van der Waals surface area contributed by atoms with Gasteiger partial charge in [0.15, 0.2) is 5.82 Å². The van der Waals surface area contributed by atoms with Gasteiger partial charge in [0.25, 0.3) is 0 Å². The molecule has 3 rings (SSSR count). The van der Waals surface area contributed by atoms with Crippen molar-refractivity contribution in [3.63, 3.8) is 0 Å². The van der Waals surface area contributed by atoms with E-state index in [1.807, 2.05) is 24.3 Å². The first-order chi connectivity index (χ1) is 11.2. The molecular formula is C17H21ClN4O. The molecule has 1 N–H and O–H groups in total. The Morgan fingerprint density at radius 3 is 2.96 bits per heavy atom. The summed E-state index contributed by atoms with van der Waals surface area (Å²) in [4.78, 5) is 12.0. The third-order valence-electron chi connectivity index (χ3n) is 4.21. The fraction of sp³-hybridized carbons (Fsp3) is 0.471. The maximum Gasteiger partial charge on any atom is 0.220 e. The zero-order valence-corrected chi connectivity index (χ0v) is 13.9. The summed E-state index contributed by atoms with van der Waals surface area (Å²) in [6.45, 7) is 1.39. The predicted octanol–water partition coefficient (Wildman–Crippen LogP) is 2.91. The van der Waals surface area contributed by atoms with Gasteiger partial charge in [-0.05, 0) is 30.9 Å². The van der Waals surface area contributed by atoms with Crippen molar-refractivity contribution in [1.82, 2.24) is 20.1 Å². The number of carbonyl (C=O) groups excluding carboxylic acids is 1. The first-order valence-electron chi connectivity index (χ1n) is 8.15. The maximum atomic E-state index is 12.0. The van der Waals surface area contributed by atoms with E-state index in [0.29, 0.717) is 24.4 Å². The van der Waals surface area contributed by atoms with E-state index in [4.69, 9.17) is 11.6 Å². The van der Waals surface area contributed by atoms with Crippen LogP contribution in [0.2, 0.25) is 5.02 Å². The molecule has 2 heterocycles. The standard InChI is InChI=1S/C17H21ClN4O/c18-14-7-4-3-6-13(14)9-10-17(23)19-12-16-21-20-15-8-2-1-5-11-22(15)16/h3-4,6-7H,1-2,5,8-12H2,(H,19,23). The molecule has 6 heteroatoms. The van der Waals surface area contributed by atoms with E-state index in [-0.39, 0.29) is 5.91 Å². The minimum atomic E-state index is 0.0101. The molecule has 0 unspecified atom stereocenters. The van der Waals surface area contributed by atoms with Crippen LogP contribution in [0.25, 0.3) is 0 Å². The van der Waals surface area contributed by atoms with Gasteiger partial charge in [0.1, 0.15) is 5.82 Å². The van der Waals surface area contributed by atoms with Gasteiger partial charge in [-0.3, -0.25) is 4.79 Å². The van der Waals surface area contributed by atoms with Gasteiger partial charge < -0.3 is 9.88 Å². The predicted molar refractivity (Wildman–Crippen MR) is 89.2 cm³/mol. The molecule has 122 valence electrons. The van der Waals surface area contributed by atoms with Crippen molar-refractivity contribution < 1.29 is 4.79 Å². The smallest absolute Gasteiger partial charge is 0.220 e. The molecule has 1 aromatic heterocycles. The van der Waals surface area contributed by atoms with E-state index < -0.39 is 0 Å². The minimum Gasteiger partial charge on any atom is -0.349 e. The quantitative estimate of drug-likeness (QED) is 0.915. The lowest BCUT2D eigenvalue weighted by Gasteiger charge is -2.08. The highest BCUT2D eigenvalue weighted by atomic mass is 35.5. The Morgan fingerprint density at radius 1 is 1.22 bits per heavy atom. The van der Waals surface area contributed by atoms with Crippen LogP contribution in [-0.4, -0.2) is 20.7 Å². The molecule has 1 aliphatic heterocycles. The minimum absolute atomic E-state index is 0.0101. The van der Waals surface area contributed by atoms with Crippen LogP contribution in [0.3, 0.4) is 0 Å². The normalized spacial score (nSPS) is 14.1. The number of rotatable bonds is 5. The molecule has 0 fully saturated rings. The Labute approximate surface area is 141 Å². The SMILES string of the molecule is O=C(CCc1ccccc1Cl)NCc1nnc2n1CCCCC2. The lowest BCUT2D eigenvalue weighted by molar-refractivity contribution is -0.121. The second-order valence-corrected chi connectivity index (χ2v) is 6.27. The zero-order chi connectivity index (χ0) is 16.1. The first kappa shape index (κ1) is 16.0. The Morgan fingerprint density at radius 2 is 2.09 bits per heavy atom. The molecule has 0 radical (unpaired) electrons. The summed E-state index contributed by atoms with van der Waals surface area (Å²) >= 11 is 6.11. The second-order valence-electron chi connectivity index (χ2n) is 5.86. The number of carbonyl (C=O) groups is 1. The van der Waals surface area contributed by atoms with E-state index in [9.17, 15) is 4.79 Å². The highest BCUT2D eigenvalue weighted by Crippen LogP contribution is 2.17. The van der Waals surface area contributed by atoms with E-state index in [1.165, 1.54) is 12.8 Å². The van der Waals surface area contributed by atoms with Crippen LogP contribution < -0.4 is 5.32 Å². The molecule has 0 saturated heterocycles. The van der Waals surface area contributed by atoms with Crippen molar-refractivity contribution in [2.24, 2.45) is 0 Å². The number of hydrogen-bond acceptors (Lipinski definition) is 3. The van der Waals surface area contributed by atoms with Gasteiger partial charge in [0, 0.05) is 24.4 Å². The Kier molecular flexibility index (Phi) is 5.28. The van der Waals surface area contributed by atoms with Gasteiger partial charge in [-0.2, -0.15) is 0 Å². The van der Waals surface area contributed by atoms with Crippen LogP contribution in [0.15, 0.2) is 24.3 Å². The fourth-order valence-electron chi connectivity index (χ4n) is 2.89. The number of nitrogens with zero attached hydrogens (tertiary/aromatic N) is 3. The number of hydrogen-bond donors (Lipinski definition) is 1. The van der Waals surface area contributed by atoms with Crippen molar-refractivity contribution >= 4 is 17.5 Å². The van der Waals surface area contributed by atoms with Gasteiger partial charge in [0.2, 0.25) is 5.91 Å². The summed E-state index contributed by atoms with van der Waals surface area (Å²) in [5, 5.41) is 12.1. The summed E-state index contributed by atoms with van der Waals surface area (Å²) in [6, 6.07) is 7.63. The van der Waals surface area contributed by atoms with Crippen molar-refractivity contribution in [1.29, 1.82) is 0 Å². The van der Waals surface area contributed by atoms with Crippen LogP contribution >= 0.6 is 11.6 Å². The van der Waals surface area contributed by atoms with Crippen molar-refractivity contribution in [3.05, 3.63) is 46.5 Å². The summed E-state index contributed by atoms with van der Waals surface area (Å²) in [5.74, 6) is 1.91. The summed E-state index contributed by atoms with van der Waals surface area (Å²) < 4.78 is 2.15. The first-order valence-corrected chi connectivity index (χ1v) is 8.53. The summed E-state index contributed by atoms with van der Waals surface area (Å²) in [5.41, 5.74) is 1.00. The average Bonchev–Trinajstić information content (AvgIpc) is 2.78. The van der Waals surface area contributed by atoms with Crippen molar-refractivity contribution in [2.45, 2.75) is 51.6 Å². The topological polar surface area (TPSA) is 59.8 Å². The molecule has 1 aromatic carbocycles. The number of aromatic nitrogens is 3. The van der Waals surface area contributed by atoms with Crippen molar-refractivity contribution in [3.8, 4) is 0 Å². The molecule has 0 aliphatic carbocycles. The van der Waals surface area contributed by atoms with Crippen molar-refractivity contribution in [2.75, 3.05) is 0 Å². The number of amides is 1. The Bertz CT molecular complexity index is 683. The monoisotopic (exact) mass is 332 g/mol.